The number of aliphatic hydroxyl groups is 3. The predicted molar refractivity (Wildman–Crippen MR) is 299 cm³/mol. The number of nitrogens with zero attached hydrogens (tertiary/aromatic N) is 3. The number of likely N-dealkylation sites (N-methyl/N-ethyl adjacent to an activating group) is 1. The third-order valence-electron chi connectivity index (χ3n) is 18.4. The summed E-state index contributed by atoms with van der Waals surface area (Å²) in [5, 5.41) is 32.9. The van der Waals surface area contributed by atoms with Crippen molar-refractivity contribution in [2.24, 2.45) is 0 Å². The fourth-order valence-electron chi connectivity index (χ4n) is 13.5. The van der Waals surface area contributed by atoms with Crippen molar-refractivity contribution in [3.05, 3.63) is 144 Å². The monoisotopic (exact) mass is 1110 g/mol. The first-order chi connectivity index (χ1) is 39.2. The van der Waals surface area contributed by atoms with Crippen molar-refractivity contribution in [2.75, 3.05) is 41.0 Å². The van der Waals surface area contributed by atoms with Crippen LogP contribution in [0.15, 0.2) is 121 Å². The van der Waals surface area contributed by atoms with E-state index >= 15 is 0 Å². The first-order valence-corrected chi connectivity index (χ1v) is 28.8. The third kappa shape index (κ3) is 13.3. The van der Waals surface area contributed by atoms with E-state index in [0.29, 0.717) is 60.4 Å². The molecule has 434 valence electrons. The molecule has 81 heavy (non-hydrogen) atoms. The van der Waals surface area contributed by atoms with Gasteiger partial charge in [0.15, 0.2) is 5.41 Å². The first-order valence-electron chi connectivity index (χ1n) is 28.8. The van der Waals surface area contributed by atoms with Gasteiger partial charge in [0.05, 0.1) is 19.8 Å². The lowest BCUT2D eigenvalue weighted by Crippen LogP contribution is -2.64. The number of rotatable bonds is 14. The minimum atomic E-state index is -1.31. The number of hydrogen-bond acceptors (Lipinski definition) is 16. The Morgan fingerprint density at radius 3 is 1.12 bits per heavy atom. The van der Waals surface area contributed by atoms with Crippen LogP contribution in [0.25, 0.3) is 0 Å². The number of esters is 3. The number of hydrogen-bond donors (Lipinski definition) is 5. The summed E-state index contributed by atoms with van der Waals surface area (Å²) >= 11 is 0. The van der Waals surface area contributed by atoms with Crippen molar-refractivity contribution in [1.82, 2.24) is 25.3 Å². The van der Waals surface area contributed by atoms with E-state index in [4.69, 9.17) is 18.9 Å². The van der Waals surface area contributed by atoms with Crippen LogP contribution in [0.2, 0.25) is 0 Å². The highest BCUT2D eigenvalue weighted by Crippen LogP contribution is 2.48. The van der Waals surface area contributed by atoms with E-state index in [1.54, 1.807) is 37.3 Å². The Balaban J connectivity index is 0.000000131. The van der Waals surface area contributed by atoms with Crippen LogP contribution in [0.4, 0.5) is 4.79 Å². The molecule has 0 aliphatic carbocycles. The van der Waals surface area contributed by atoms with Gasteiger partial charge >= 0.3 is 23.9 Å². The van der Waals surface area contributed by atoms with Crippen LogP contribution in [0.1, 0.15) is 118 Å². The first kappa shape index (κ1) is 59.2. The molecule has 14 atom stereocenters. The van der Waals surface area contributed by atoms with Crippen LogP contribution >= 0.6 is 0 Å². The predicted octanol–water partition coefficient (Wildman–Crippen LogP) is 5.48. The lowest BCUT2D eigenvalue weighted by atomic mass is 9.75. The zero-order valence-corrected chi connectivity index (χ0v) is 46.8. The number of carbonyl (C=O) groups is 6. The molecule has 0 aromatic heterocycles. The molecule has 5 N–H and O–H groups in total. The summed E-state index contributed by atoms with van der Waals surface area (Å²) in [6.07, 6.45) is 11.1. The Hall–Kier alpha value is -6.38. The molecule has 18 heteroatoms. The highest BCUT2D eigenvalue weighted by Gasteiger charge is 2.63. The van der Waals surface area contributed by atoms with Gasteiger partial charge in [0, 0.05) is 49.1 Å². The van der Waals surface area contributed by atoms with Crippen molar-refractivity contribution in [2.45, 2.75) is 167 Å². The molecule has 4 aromatic rings. The number of fused-ring (bicyclic) bond motifs is 9. The van der Waals surface area contributed by atoms with Gasteiger partial charge in [-0.15, -0.1) is 0 Å². The maximum atomic E-state index is 12.4. The Morgan fingerprint density at radius 2 is 0.815 bits per heavy atom. The number of morpholine rings is 1. The topological polar surface area (TPSA) is 237 Å². The average Bonchev–Trinajstić information content (AvgIpc) is 4.39. The molecule has 4 unspecified atom stereocenters. The van der Waals surface area contributed by atoms with Gasteiger partial charge in [0.25, 0.3) is 0 Å². The van der Waals surface area contributed by atoms with Crippen molar-refractivity contribution in [3.63, 3.8) is 0 Å². The van der Waals surface area contributed by atoms with E-state index in [2.05, 4.69) is 46.5 Å². The molecule has 8 aliphatic rings. The van der Waals surface area contributed by atoms with Crippen molar-refractivity contribution in [1.29, 1.82) is 0 Å². The van der Waals surface area contributed by atoms with Gasteiger partial charge < -0.3 is 44.1 Å². The molecule has 6 bridgehead atoms. The van der Waals surface area contributed by atoms with Gasteiger partial charge in [-0.25, -0.2) is 4.79 Å². The normalized spacial score (nSPS) is 29.7. The van der Waals surface area contributed by atoms with E-state index in [1.165, 1.54) is 25.7 Å². The number of aliphatic hydroxyl groups excluding tert-OH is 3. The zero-order valence-electron chi connectivity index (χ0n) is 46.8. The molecular weight excluding hydrogens is 1030 g/mol. The highest BCUT2D eigenvalue weighted by atomic mass is 16.6. The fraction of sp³-hybridized carbons (Fsp3) is 0.524. The summed E-state index contributed by atoms with van der Waals surface area (Å²) in [4.78, 5) is 79.4. The fourth-order valence-corrected chi connectivity index (χ4v) is 13.5. The smallest absolute Gasteiger partial charge is 0.328 e. The minimum absolute atomic E-state index is 0.00367. The van der Waals surface area contributed by atoms with Crippen LogP contribution in [0.5, 0.6) is 0 Å². The van der Waals surface area contributed by atoms with Gasteiger partial charge in [0.2, 0.25) is 11.8 Å². The maximum absolute atomic E-state index is 12.4. The maximum Gasteiger partial charge on any atom is 0.328 e. The Bertz CT molecular complexity index is 2620. The van der Waals surface area contributed by atoms with Crippen molar-refractivity contribution >= 4 is 35.8 Å². The molecular formula is C63H79N5O13. The molecule has 12 rings (SSSR count). The Labute approximate surface area is 474 Å². The van der Waals surface area contributed by atoms with E-state index in [9.17, 15) is 44.1 Å². The van der Waals surface area contributed by atoms with E-state index in [-0.39, 0.29) is 56.0 Å². The summed E-state index contributed by atoms with van der Waals surface area (Å²) in [6.45, 7) is 1.10. The van der Waals surface area contributed by atoms with Gasteiger partial charge in [0.1, 0.15) is 48.3 Å². The SMILES string of the molecule is CCC1(c2ccccc2)C(=O)NC(=O)NC1=O.CN1[C@@H]2CC(OC(=O)[C@H](CO)c3ccccc3)C[C@H]1[C@@H]1O[C@@H]12.CN1[C@@H]2CC[C@H]1CC(OC(=O)C(CO)c1ccccc1)C2.CN1[C@@H]2CC[C@H]1CC(OC(=O)[C@H](CO)c1ccccc1)C2. The molecule has 0 spiro atoms. The largest absolute Gasteiger partial charge is 0.462 e. The Morgan fingerprint density at radius 1 is 0.506 bits per heavy atom. The second-order valence-electron chi connectivity index (χ2n) is 22.9. The van der Waals surface area contributed by atoms with E-state index in [1.807, 2.05) is 91.0 Å². The van der Waals surface area contributed by atoms with Gasteiger partial charge in [-0.3, -0.25) is 39.5 Å². The lowest BCUT2D eigenvalue weighted by molar-refractivity contribution is -0.157. The Kier molecular flexibility index (Phi) is 19.5. The molecule has 4 aromatic carbocycles. The molecule has 18 nitrogen and oxygen atoms in total. The number of barbiturate groups is 1. The number of benzene rings is 4. The highest BCUT2D eigenvalue weighted by molar-refractivity contribution is 6.22. The van der Waals surface area contributed by atoms with Crippen molar-refractivity contribution < 1.29 is 63.0 Å². The number of piperidine rings is 3. The summed E-state index contributed by atoms with van der Waals surface area (Å²) in [6, 6.07) is 39.0. The van der Waals surface area contributed by atoms with Gasteiger partial charge in [-0.2, -0.15) is 0 Å². The number of epoxide rings is 1. The number of imide groups is 2. The summed E-state index contributed by atoms with van der Waals surface area (Å²) in [5.41, 5.74) is 1.72. The molecule has 8 saturated heterocycles. The van der Waals surface area contributed by atoms with E-state index < -0.39 is 41.0 Å². The average molecular weight is 1110 g/mol. The third-order valence-corrected chi connectivity index (χ3v) is 18.4. The zero-order chi connectivity index (χ0) is 57.4. The van der Waals surface area contributed by atoms with Crippen LogP contribution < -0.4 is 10.6 Å². The number of urea groups is 1. The number of amides is 4. The van der Waals surface area contributed by atoms with Crippen molar-refractivity contribution in [3.8, 4) is 0 Å². The second-order valence-corrected chi connectivity index (χ2v) is 22.9. The van der Waals surface area contributed by atoms with Crippen LogP contribution in [0, 0.1) is 0 Å². The quantitative estimate of drug-likeness (QED) is 0.0455. The van der Waals surface area contributed by atoms with Crippen LogP contribution in [-0.2, 0) is 48.3 Å². The number of carbonyl (C=O) groups excluding carboxylic acids is 6. The summed E-state index contributed by atoms with van der Waals surface area (Å²) in [7, 11) is 6.46. The summed E-state index contributed by atoms with van der Waals surface area (Å²) < 4.78 is 22.8. The molecule has 0 radical (unpaired) electrons. The lowest BCUT2D eigenvalue weighted by Gasteiger charge is -2.38. The van der Waals surface area contributed by atoms with Crippen LogP contribution in [0.3, 0.4) is 0 Å². The second kappa shape index (κ2) is 26.7. The standard InChI is InChI=1S/C17H21NO4.2C17H23NO3.C12H12N2O3/c1-18-13-7-11(8-14(18)16-15(13)22-16)21-17(20)12(9-19)10-5-3-2-4-6-10;2*1-18-13-7-8-14(18)10-15(9-13)21-17(20)16(11-19)12-5-3-2-4-6-12;1-2-12(8-6-4-3-5-7-8)9(15)13-11(17)14-10(12)16/h2-6,11-16,19H,7-9H2,1H3;2*2-6,13-16,19H,7-11H2,1H3;3-7H,2H2,1H3,(H2,13,14,15,16,17)/t11?,12-,13-,14+,15-,16+;13-,14+,15?,16?;13-,14+,15?,16-;/m1.1./s1. The summed E-state index contributed by atoms with van der Waals surface area (Å²) in [5.74, 6) is -3.77. The van der Waals surface area contributed by atoms with E-state index in [0.717, 1.165) is 55.2 Å². The molecule has 8 heterocycles. The van der Waals surface area contributed by atoms with Crippen LogP contribution in [-0.4, -0.2) is 174 Å². The molecule has 4 amide bonds. The van der Waals surface area contributed by atoms with Gasteiger partial charge in [-0.05, 0) is 101 Å². The minimum Gasteiger partial charge on any atom is -0.462 e. The number of nitrogens with one attached hydrogen (secondary N) is 2. The molecule has 0 saturated carbocycles. The van der Waals surface area contributed by atoms with Gasteiger partial charge in [-0.1, -0.05) is 128 Å². The molecule has 8 aliphatic heterocycles. The number of ether oxygens (including phenoxy) is 4. The molecule has 8 fully saturated rings.